The average Bonchev–Trinajstić information content (AvgIpc) is 3.04. The Morgan fingerprint density at radius 3 is 2.76 bits per heavy atom. The summed E-state index contributed by atoms with van der Waals surface area (Å²) in [6.07, 6.45) is 2.01. The summed E-state index contributed by atoms with van der Waals surface area (Å²) in [5, 5.41) is 14.7. The molecule has 1 fully saturated rings. The predicted molar refractivity (Wildman–Crippen MR) is 93.5 cm³/mol. The molecule has 0 unspecified atom stereocenters. The van der Waals surface area contributed by atoms with Crippen LogP contribution < -0.4 is 10.6 Å². The number of benzene rings is 1. The zero-order valence-electron chi connectivity index (χ0n) is 14.6. The molecule has 1 heterocycles. The number of amides is 3. The zero-order valence-corrected chi connectivity index (χ0v) is 14.6. The number of carbonyl (C=O) groups excluding carboxylic acids is 2. The van der Waals surface area contributed by atoms with Crippen molar-refractivity contribution in [3.63, 3.8) is 0 Å². The second kappa shape index (κ2) is 8.50. The Hall–Kier alpha value is -2.57. The van der Waals surface area contributed by atoms with Crippen LogP contribution in [0.15, 0.2) is 24.3 Å². The van der Waals surface area contributed by atoms with Crippen LogP contribution in [-0.2, 0) is 11.2 Å². The Balaban J connectivity index is 1.86. The molecule has 1 aromatic carbocycles. The van der Waals surface area contributed by atoms with Gasteiger partial charge in [0.25, 0.3) is 0 Å². The summed E-state index contributed by atoms with van der Waals surface area (Å²) in [6.45, 7) is 4.75. The van der Waals surface area contributed by atoms with Crippen LogP contribution in [0, 0.1) is 0 Å². The Morgan fingerprint density at radius 2 is 2.08 bits per heavy atom. The summed E-state index contributed by atoms with van der Waals surface area (Å²) in [5.41, 5.74) is 1.08. The lowest BCUT2D eigenvalue weighted by Crippen LogP contribution is -2.51. The smallest absolute Gasteiger partial charge is 0.335 e. The highest BCUT2D eigenvalue weighted by Gasteiger charge is 2.33. The van der Waals surface area contributed by atoms with Crippen molar-refractivity contribution in [3.05, 3.63) is 35.4 Å². The van der Waals surface area contributed by atoms with Gasteiger partial charge in [-0.05, 0) is 50.8 Å². The first-order valence-corrected chi connectivity index (χ1v) is 8.55. The van der Waals surface area contributed by atoms with Crippen molar-refractivity contribution in [2.45, 2.75) is 45.2 Å². The second-order valence-corrected chi connectivity index (χ2v) is 6.50. The molecule has 0 radical (unpaired) electrons. The third-order valence-corrected chi connectivity index (χ3v) is 4.12. The van der Waals surface area contributed by atoms with Crippen LogP contribution in [0.2, 0.25) is 0 Å². The van der Waals surface area contributed by atoms with Gasteiger partial charge in [-0.2, -0.15) is 0 Å². The van der Waals surface area contributed by atoms with Crippen molar-refractivity contribution in [1.29, 1.82) is 0 Å². The number of aromatic carboxylic acids is 1. The van der Waals surface area contributed by atoms with Gasteiger partial charge in [0, 0.05) is 19.1 Å². The highest BCUT2D eigenvalue weighted by atomic mass is 16.4. The SMILES string of the molecule is CC(C)NC(=O)N1CCC[C@H]1C(=O)NCCc1cccc(C(=O)O)c1. The van der Waals surface area contributed by atoms with E-state index in [1.165, 1.54) is 6.07 Å². The van der Waals surface area contributed by atoms with Crippen LogP contribution in [0.25, 0.3) is 0 Å². The maximum atomic E-state index is 12.4. The van der Waals surface area contributed by atoms with Crippen LogP contribution in [-0.4, -0.2) is 53.1 Å². The number of likely N-dealkylation sites (tertiary alicyclic amines) is 1. The van der Waals surface area contributed by atoms with Crippen LogP contribution in [0.1, 0.15) is 42.6 Å². The van der Waals surface area contributed by atoms with Gasteiger partial charge in [0.2, 0.25) is 5.91 Å². The van der Waals surface area contributed by atoms with Gasteiger partial charge in [-0.3, -0.25) is 4.79 Å². The number of carboxylic acid groups (broad SMARTS) is 1. The molecule has 2 rings (SSSR count). The molecule has 7 nitrogen and oxygen atoms in total. The van der Waals surface area contributed by atoms with Crippen molar-refractivity contribution < 1.29 is 19.5 Å². The first kappa shape index (κ1) is 18.8. The summed E-state index contributed by atoms with van der Waals surface area (Å²) >= 11 is 0. The van der Waals surface area contributed by atoms with Gasteiger partial charge in [-0.1, -0.05) is 12.1 Å². The summed E-state index contributed by atoms with van der Waals surface area (Å²) in [4.78, 5) is 37.1. The Labute approximate surface area is 147 Å². The molecule has 0 bridgehead atoms. The lowest BCUT2D eigenvalue weighted by Gasteiger charge is -2.25. The molecule has 1 atom stereocenters. The lowest BCUT2D eigenvalue weighted by atomic mass is 10.1. The van der Waals surface area contributed by atoms with E-state index < -0.39 is 12.0 Å². The van der Waals surface area contributed by atoms with Crippen molar-refractivity contribution in [3.8, 4) is 0 Å². The zero-order chi connectivity index (χ0) is 18.4. The van der Waals surface area contributed by atoms with Crippen molar-refractivity contribution in [2.24, 2.45) is 0 Å². The molecule has 1 aliphatic rings. The largest absolute Gasteiger partial charge is 0.478 e. The summed E-state index contributed by atoms with van der Waals surface area (Å²) in [7, 11) is 0. The fourth-order valence-corrected chi connectivity index (χ4v) is 2.92. The maximum absolute atomic E-state index is 12.4. The van der Waals surface area contributed by atoms with Crippen LogP contribution in [0.3, 0.4) is 0 Å². The molecule has 1 aromatic rings. The van der Waals surface area contributed by atoms with Crippen LogP contribution >= 0.6 is 0 Å². The number of hydrogen-bond donors (Lipinski definition) is 3. The molecule has 0 aromatic heterocycles. The Morgan fingerprint density at radius 1 is 1.32 bits per heavy atom. The minimum absolute atomic E-state index is 0.0262. The molecule has 136 valence electrons. The molecule has 0 aliphatic carbocycles. The van der Waals surface area contributed by atoms with E-state index in [1.54, 1.807) is 17.0 Å². The van der Waals surface area contributed by atoms with Gasteiger partial charge >= 0.3 is 12.0 Å². The molecule has 1 saturated heterocycles. The Kier molecular flexibility index (Phi) is 6.38. The lowest BCUT2D eigenvalue weighted by molar-refractivity contribution is -0.124. The molecule has 0 spiro atoms. The average molecular weight is 347 g/mol. The summed E-state index contributed by atoms with van der Waals surface area (Å²) < 4.78 is 0. The second-order valence-electron chi connectivity index (χ2n) is 6.50. The van der Waals surface area contributed by atoms with Crippen LogP contribution in [0.5, 0.6) is 0 Å². The highest BCUT2D eigenvalue weighted by molar-refractivity contribution is 5.88. The molecule has 0 saturated carbocycles. The third kappa shape index (κ3) is 5.20. The van der Waals surface area contributed by atoms with E-state index in [0.29, 0.717) is 25.9 Å². The van der Waals surface area contributed by atoms with Gasteiger partial charge in [-0.25, -0.2) is 9.59 Å². The van der Waals surface area contributed by atoms with E-state index in [-0.39, 0.29) is 23.5 Å². The van der Waals surface area contributed by atoms with E-state index >= 15 is 0 Å². The molecule has 25 heavy (non-hydrogen) atoms. The van der Waals surface area contributed by atoms with Crippen LogP contribution in [0.4, 0.5) is 4.79 Å². The summed E-state index contributed by atoms with van der Waals surface area (Å²) in [6, 6.07) is 6.04. The number of carbonyl (C=O) groups is 3. The van der Waals surface area contributed by atoms with E-state index in [1.807, 2.05) is 19.9 Å². The van der Waals surface area contributed by atoms with Crippen molar-refractivity contribution >= 4 is 17.9 Å². The third-order valence-electron chi connectivity index (χ3n) is 4.12. The van der Waals surface area contributed by atoms with E-state index in [2.05, 4.69) is 10.6 Å². The molecule has 3 amide bonds. The normalized spacial score (nSPS) is 16.8. The minimum atomic E-state index is -0.969. The number of urea groups is 1. The fourth-order valence-electron chi connectivity index (χ4n) is 2.92. The van der Waals surface area contributed by atoms with Gasteiger partial charge in [-0.15, -0.1) is 0 Å². The van der Waals surface area contributed by atoms with Crippen molar-refractivity contribution in [1.82, 2.24) is 15.5 Å². The molecular weight excluding hydrogens is 322 g/mol. The first-order valence-electron chi connectivity index (χ1n) is 8.55. The van der Waals surface area contributed by atoms with Gasteiger partial charge < -0.3 is 20.6 Å². The summed E-state index contributed by atoms with van der Waals surface area (Å²) in [5.74, 6) is -1.13. The van der Waals surface area contributed by atoms with Gasteiger partial charge in [0.1, 0.15) is 6.04 Å². The fraction of sp³-hybridized carbons (Fsp3) is 0.500. The topological polar surface area (TPSA) is 98.7 Å². The molecule has 7 heteroatoms. The van der Waals surface area contributed by atoms with Gasteiger partial charge in [0.05, 0.1) is 5.56 Å². The standard InChI is InChI=1S/C18H25N3O4/c1-12(2)20-18(25)21-10-4-7-15(21)16(22)19-9-8-13-5-3-6-14(11-13)17(23)24/h3,5-6,11-12,15H,4,7-10H2,1-2H3,(H,19,22)(H,20,25)(H,23,24)/t15-/m0/s1. The van der Waals surface area contributed by atoms with Gasteiger partial charge in [0.15, 0.2) is 0 Å². The first-order chi connectivity index (χ1) is 11.9. The number of nitrogens with one attached hydrogen (secondary N) is 2. The monoisotopic (exact) mass is 347 g/mol. The van der Waals surface area contributed by atoms with E-state index in [4.69, 9.17) is 5.11 Å². The van der Waals surface area contributed by atoms with E-state index in [0.717, 1.165) is 12.0 Å². The molecular formula is C18H25N3O4. The molecule has 3 N–H and O–H groups in total. The predicted octanol–water partition coefficient (Wildman–Crippen LogP) is 1.63. The number of rotatable bonds is 6. The maximum Gasteiger partial charge on any atom is 0.335 e. The highest BCUT2D eigenvalue weighted by Crippen LogP contribution is 2.17. The van der Waals surface area contributed by atoms with Crippen molar-refractivity contribution in [2.75, 3.05) is 13.1 Å². The number of carboxylic acids is 1. The number of hydrogen-bond acceptors (Lipinski definition) is 3. The quantitative estimate of drug-likeness (QED) is 0.728. The Bertz CT molecular complexity index is 645. The van der Waals surface area contributed by atoms with E-state index in [9.17, 15) is 14.4 Å². The number of nitrogens with zero attached hydrogens (tertiary/aromatic N) is 1. The molecule has 1 aliphatic heterocycles. The minimum Gasteiger partial charge on any atom is -0.478 e.